The van der Waals surface area contributed by atoms with Gasteiger partial charge in [0.2, 0.25) is 0 Å². The summed E-state index contributed by atoms with van der Waals surface area (Å²) in [6.45, 7) is 1.94. The molecule has 0 atom stereocenters. The molecule has 0 aromatic rings. The maximum Gasteiger partial charge on any atom is 0.0746 e. The molecule has 4 heteroatoms. The predicted octanol–water partition coefficient (Wildman–Crippen LogP) is 2.18. The molecule has 10 heavy (non-hydrogen) atoms. The van der Waals surface area contributed by atoms with Gasteiger partial charge in [-0.05, 0) is 12.8 Å². The van der Waals surface area contributed by atoms with E-state index in [0.29, 0.717) is 11.5 Å². The summed E-state index contributed by atoms with van der Waals surface area (Å²) >= 11 is 2.17. The van der Waals surface area contributed by atoms with Crippen LogP contribution in [0.15, 0.2) is 0 Å². The van der Waals surface area contributed by atoms with Crippen LogP contribution in [0, 0.1) is 5.41 Å². The van der Waals surface area contributed by atoms with E-state index in [1.807, 2.05) is 0 Å². The maximum absolute atomic E-state index is 5.36. The molecule has 1 heterocycles. The molecule has 1 spiro atoms. The highest BCUT2D eigenvalue weighted by atomic mass is 127. The standard InChI is InChI=1S/C6H9IO2S/c7-10-9-5-1-6(2-5)3-8-4-6/h5H,1-4H2. The monoisotopic (exact) mass is 272 g/mol. The number of hydrogen-bond donors (Lipinski definition) is 0. The van der Waals surface area contributed by atoms with Gasteiger partial charge in [0.1, 0.15) is 0 Å². The van der Waals surface area contributed by atoms with Gasteiger partial charge in [0, 0.05) is 26.6 Å². The fraction of sp³-hybridized carbons (Fsp3) is 1.00. The molecule has 0 radical (unpaired) electrons. The topological polar surface area (TPSA) is 18.5 Å². The summed E-state index contributed by atoms with van der Waals surface area (Å²) in [6.07, 6.45) is 2.93. The third-order valence-corrected chi connectivity index (χ3v) is 3.28. The normalized spacial score (nSPS) is 29.7. The fourth-order valence-electron chi connectivity index (χ4n) is 1.65. The zero-order valence-electron chi connectivity index (χ0n) is 5.51. The van der Waals surface area contributed by atoms with E-state index >= 15 is 0 Å². The second-order valence-electron chi connectivity index (χ2n) is 3.18. The SMILES string of the molecule is ISOC1CC2(COC2)C1. The Morgan fingerprint density at radius 2 is 2.20 bits per heavy atom. The largest absolute Gasteiger partial charge is 0.380 e. The van der Waals surface area contributed by atoms with Gasteiger partial charge in [-0.25, -0.2) is 0 Å². The first-order chi connectivity index (χ1) is 4.85. The van der Waals surface area contributed by atoms with Gasteiger partial charge in [-0.1, -0.05) is 0 Å². The third kappa shape index (κ3) is 1.19. The lowest BCUT2D eigenvalue weighted by Gasteiger charge is -2.52. The lowest BCUT2D eigenvalue weighted by Crippen LogP contribution is -2.54. The van der Waals surface area contributed by atoms with Crippen LogP contribution < -0.4 is 0 Å². The van der Waals surface area contributed by atoms with Gasteiger partial charge in [-0.15, -0.1) is 0 Å². The highest BCUT2D eigenvalue weighted by Gasteiger charge is 2.50. The van der Waals surface area contributed by atoms with Crippen molar-refractivity contribution in [2.75, 3.05) is 13.2 Å². The molecule has 0 aromatic carbocycles. The molecule has 0 amide bonds. The molecule has 2 fully saturated rings. The van der Waals surface area contributed by atoms with Gasteiger partial charge in [0.15, 0.2) is 0 Å². The van der Waals surface area contributed by atoms with Crippen LogP contribution in [0.25, 0.3) is 0 Å². The molecule has 1 aliphatic heterocycles. The van der Waals surface area contributed by atoms with Crippen LogP contribution >= 0.6 is 30.4 Å². The van der Waals surface area contributed by atoms with E-state index < -0.39 is 0 Å². The number of halogens is 1. The zero-order chi connectivity index (χ0) is 7.03. The molecular formula is C6H9IO2S. The number of hydrogen-bond acceptors (Lipinski definition) is 3. The smallest absolute Gasteiger partial charge is 0.0746 e. The van der Waals surface area contributed by atoms with Gasteiger partial charge in [0.05, 0.1) is 28.5 Å². The first-order valence-electron chi connectivity index (χ1n) is 3.36. The van der Waals surface area contributed by atoms with Crippen molar-refractivity contribution < 1.29 is 8.92 Å². The lowest BCUT2D eigenvalue weighted by molar-refractivity contribution is -0.188. The van der Waals surface area contributed by atoms with Crippen molar-refractivity contribution in [2.45, 2.75) is 18.9 Å². The number of ether oxygens (including phenoxy) is 1. The Hall–Kier alpha value is 1.00. The summed E-state index contributed by atoms with van der Waals surface area (Å²) in [6, 6.07) is 0. The summed E-state index contributed by atoms with van der Waals surface area (Å²) in [4.78, 5) is 0. The van der Waals surface area contributed by atoms with E-state index in [1.54, 1.807) is 0 Å². The van der Waals surface area contributed by atoms with E-state index in [4.69, 9.17) is 8.92 Å². The molecule has 1 saturated carbocycles. The van der Waals surface area contributed by atoms with Gasteiger partial charge in [-0.2, -0.15) is 0 Å². The van der Waals surface area contributed by atoms with E-state index in [9.17, 15) is 0 Å². The Labute approximate surface area is 76.8 Å². The van der Waals surface area contributed by atoms with Crippen LogP contribution in [0.3, 0.4) is 0 Å². The van der Waals surface area contributed by atoms with E-state index in [-0.39, 0.29) is 0 Å². The van der Waals surface area contributed by atoms with Gasteiger partial charge >= 0.3 is 0 Å². The van der Waals surface area contributed by atoms with Gasteiger partial charge < -0.3 is 8.92 Å². The van der Waals surface area contributed by atoms with Gasteiger partial charge in [0.25, 0.3) is 0 Å². The Morgan fingerprint density at radius 3 is 2.60 bits per heavy atom. The van der Waals surface area contributed by atoms with E-state index in [2.05, 4.69) is 21.2 Å². The summed E-state index contributed by atoms with van der Waals surface area (Å²) in [5.74, 6) is 0. The first-order valence-corrected chi connectivity index (χ1v) is 6.65. The van der Waals surface area contributed by atoms with Crippen molar-refractivity contribution in [3.05, 3.63) is 0 Å². The van der Waals surface area contributed by atoms with Crippen molar-refractivity contribution >= 4 is 30.4 Å². The molecular weight excluding hydrogens is 263 g/mol. The van der Waals surface area contributed by atoms with Crippen molar-refractivity contribution in [1.82, 2.24) is 0 Å². The molecule has 1 aliphatic carbocycles. The molecule has 0 unspecified atom stereocenters. The highest BCUT2D eigenvalue weighted by Crippen LogP contribution is 2.49. The average Bonchev–Trinajstić information content (AvgIpc) is 1.72. The average molecular weight is 272 g/mol. The van der Waals surface area contributed by atoms with Crippen molar-refractivity contribution in [1.29, 1.82) is 0 Å². The Kier molecular flexibility index (Phi) is 2.14. The molecule has 1 saturated heterocycles. The van der Waals surface area contributed by atoms with Crippen LogP contribution in [0.5, 0.6) is 0 Å². The summed E-state index contributed by atoms with van der Waals surface area (Å²) in [7, 11) is 1.45. The van der Waals surface area contributed by atoms with Crippen LogP contribution in [-0.2, 0) is 8.92 Å². The minimum absolute atomic E-state index is 0.505. The van der Waals surface area contributed by atoms with Crippen molar-refractivity contribution in [3.8, 4) is 0 Å². The van der Waals surface area contributed by atoms with Crippen LogP contribution in [0.2, 0.25) is 0 Å². The zero-order valence-corrected chi connectivity index (χ0v) is 8.48. The molecule has 58 valence electrons. The maximum atomic E-state index is 5.36. The van der Waals surface area contributed by atoms with Crippen LogP contribution in [0.1, 0.15) is 12.8 Å². The summed E-state index contributed by atoms with van der Waals surface area (Å²) < 4.78 is 10.5. The van der Waals surface area contributed by atoms with E-state index in [1.165, 1.54) is 22.1 Å². The van der Waals surface area contributed by atoms with Crippen molar-refractivity contribution in [3.63, 3.8) is 0 Å². The second-order valence-corrected chi connectivity index (χ2v) is 4.58. The molecule has 2 rings (SSSR count). The Morgan fingerprint density at radius 1 is 1.50 bits per heavy atom. The van der Waals surface area contributed by atoms with Gasteiger partial charge in [-0.3, -0.25) is 0 Å². The minimum atomic E-state index is 0.505. The fourth-order valence-corrected chi connectivity index (χ4v) is 2.77. The van der Waals surface area contributed by atoms with Crippen LogP contribution in [-0.4, -0.2) is 19.3 Å². The second kappa shape index (κ2) is 2.80. The molecule has 2 aliphatic rings. The summed E-state index contributed by atoms with van der Waals surface area (Å²) in [5, 5.41) is 0. The molecule has 0 N–H and O–H groups in total. The summed E-state index contributed by atoms with van der Waals surface area (Å²) in [5.41, 5.74) is 0.553. The van der Waals surface area contributed by atoms with Crippen molar-refractivity contribution in [2.24, 2.45) is 5.41 Å². The van der Waals surface area contributed by atoms with E-state index in [0.717, 1.165) is 13.2 Å². The molecule has 0 bridgehead atoms. The third-order valence-electron chi connectivity index (χ3n) is 2.31. The Balaban J connectivity index is 1.72. The highest BCUT2D eigenvalue weighted by molar-refractivity contribution is 14.2. The lowest BCUT2D eigenvalue weighted by atomic mass is 9.65. The van der Waals surface area contributed by atoms with Crippen LogP contribution in [0.4, 0.5) is 0 Å². The minimum Gasteiger partial charge on any atom is -0.380 e. The molecule has 0 aromatic heterocycles. The quantitative estimate of drug-likeness (QED) is 0.567. The number of rotatable bonds is 2. The Bertz CT molecular complexity index is 130. The predicted molar refractivity (Wildman–Crippen MR) is 49.0 cm³/mol. The first kappa shape index (κ1) is 7.64. The molecule has 2 nitrogen and oxygen atoms in total.